The summed E-state index contributed by atoms with van der Waals surface area (Å²) in [5, 5.41) is 19.5. The third-order valence-corrected chi connectivity index (χ3v) is 5.59. The average Bonchev–Trinajstić information content (AvgIpc) is 2.48. The molecule has 2 N–H and O–H groups in total. The number of aliphatic hydroxyl groups excluding tert-OH is 1. The number of hydrogen-bond donors (Lipinski definition) is 2. The Labute approximate surface area is 140 Å². The molecular formula is C17H31O5P. The van der Waals surface area contributed by atoms with Gasteiger partial charge in [0.25, 0.3) is 0 Å². The molecule has 0 unspecified atom stereocenters. The number of aryl methyl sites for hydroxylation is 1. The van der Waals surface area contributed by atoms with Crippen LogP contribution in [0.2, 0.25) is 0 Å². The lowest BCUT2D eigenvalue weighted by molar-refractivity contribution is 0.250. The number of benzene rings is 1. The van der Waals surface area contributed by atoms with Crippen molar-refractivity contribution in [3.63, 3.8) is 0 Å². The van der Waals surface area contributed by atoms with E-state index in [1.54, 1.807) is 6.07 Å². The van der Waals surface area contributed by atoms with Crippen LogP contribution in [0.25, 0.3) is 0 Å². The van der Waals surface area contributed by atoms with E-state index >= 15 is 0 Å². The first-order valence-corrected chi connectivity index (χ1v) is 9.56. The lowest BCUT2D eigenvalue weighted by atomic mass is 9.78. The maximum Gasteiger partial charge on any atom is 0.334 e. The molecule has 0 amide bonds. The van der Waals surface area contributed by atoms with E-state index in [4.69, 9.17) is 14.2 Å². The molecule has 0 bridgehead atoms. The maximum absolute atomic E-state index is 12.2. The van der Waals surface area contributed by atoms with Crippen molar-refractivity contribution in [2.45, 2.75) is 52.6 Å². The molecule has 6 heteroatoms. The maximum atomic E-state index is 12.2. The first-order chi connectivity index (χ1) is 10.7. The average molecular weight is 346 g/mol. The highest BCUT2D eigenvalue weighted by molar-refractivity contribution is 7.52. The summed E-state index contributed by atoms with van der Waals surface area (Å²) < 4.78 is 22.0. The highest BCUT2D eigenvalue weighted by atomic mass is 31.2. The molecule has 0 heterocycles. The Kier molecular flexibility index (Phi) is 9.07. The second-order valence-electron chi connectivity index (χ2n) is 5.80. The van der Waals surface area contributed by atoms with Crippen molar-refractivity contribution in [3.05, 3.63) is 28.8 Å². The van der Waals surface area contributed by atoms with Crippen LogP contribution in [0.15, 0.2) is 12.1 Å². The minimum absolute atomic E-state index is 0.0518. The van der Waals surface area contributed by atoms with Gasteiger partial charge in [0.15, 0.2) is 0 Å². The molecule has 1 aromatic rings. The number of rotatable bonds is 7. The van der Waals surface area contributed by atoms with Crippen LogP contribution in [0.5, 0.6) is 5.75 Å². The molecule has 5 nitrogen and oxygen atoms in total. The van der Waals surface area contributed by atoms with E-state index in [0.717, 1.165) is 11.1 Å². The normalized spacial score (nSPS) is 11.8. The summed E-state index contributed by atoms with van der Waals surface area (Å²) in [5.41, 5.74) is 2.04. The number of phenolic OH excluding ortho intramolecular Hbond substituents is 1. The predicted octanol–water partition coefficient (Wildman–Crippen LogP) is 4.37. The largest absolute Gasteiger partial charge is 0.508 e. The Morgan fingerprint density at radius 1 is 1.17 bits per heavy atom. The Morgan fingerprint density at radius 2 is 1.70 bits per heavy atom. The van der Waals surface area contributed by atoms with Crippen LogP contribution >= 0.6 is 7.60 Å². The van der Waals surface area contributed by atoms with Crippen molar-refractivity contribution >= 4 is 7.60 Å². The van der Waals surface area contributed by atoms with Crippen molar-refractivity contribution in [2.24, 2.45) is 0 Å². The van der Waals surface area contributed by atoms with Gasteiger partial charge in [-0.2, -0.15) is 0 Å². The molecule has 134 valence electrons. The summed E-state index contributed by atoms with van der Waals surface area (Å²) in [6, 6.07) is 3.46. The minimum Gasteiger partial charge on any atom is -0.508 e. The highest BCUT2D eigenvalue weighted by Crippen LogP contribution is 2.50. The molecule has 0 saturated carbocycles. The van der Waals surface area contributed by atoms with Crippen LogP contribution < -0.4 is 0 Å². The van der Waals surface area contributed by atoms with Crippen LogP contribution in [0.3, 0.4) is 0 Å². The lowest BCUT2D eigenvalue weighted by Crippen LogP contribution is -2.20. The molecule has 0 saturated heterocycles. The molecule has 23 heavy (non-hydrogen) atoms. The summed E-state index contributed by atoms with van der Waals surface area (Å²) >= 11 is 0. The first-order valence-electron chi connectivity index (χ1n) is 7.83. The molecular weight excluding hydrogens is 315 g/mol. The zero-order valence-electron chi connectivity index (χ0n) is 15.3. The van der Waals surface area contributed by atoms with Gasteiger partial charge in [0.05, 0.1) is 6.16 Å². The topological polar surface area (TPSA) is 76.0 Å². The van der Waals surface area contributed by atoms with Crippen LogP contribution in [0, 0.1) is 6.92 Å². The van der Waals surface area contributed by atoms with Gasteiger partial charge in [-0.15, -0.1) is 0 Å². The second kappa shape index (κ2) is 9.43. The Hall–Kier alpha value is -0.870. The fraction of sp³-hybridized carbons (Fsp3) is 0.647. The molecule has 0 aliphatic rings. The Balaban J connectivity index is 0.00000232. The van der Waals surface area contributed by atoms with E-state index < -0.39 is 7.60 Å². The molecule has 1 rings (SSSR count). The fourth-order valence-corrected chi connectivity index (χ4v) is 3.68. The molecule has 0 fully saturated rings. The SMILES string of the molecule is CC.COP(=O)(Cc1cc(C)c(C(C)(C)CCO)c(O)c1)OC. The third-order valence-electron chi connectivity index (χ3n) is 3.72. The van der Waals surface area contributed by atoms with Crippen LogP contribution in [0.4, 0.5) is 0 Å². The molecule has 0 aromatic heterocycles. The van der Waals surface area contributed by atoms with Gasteiger partial charge in [0.1, 0.15) is 5.75 Å². The molecule has 0 radical (unpaired) electrons. The molecule has 0 aliphatic carbocycles. The quantitative estimate of drug-likeness (QED) is 0.717. The van der Waals surface area contributed by atoms with Gasteiger partial charge in [0, 0.05) is 26.4 Å². The fourth-order valence-electron chi connectivity index (χ4n) is 2.65. The Morgan fingerprint density at radius 3 is 2.09 bits per heavy atom. The third kappa shape index (κ3) is 5.92. The summed E-state index contributed by atoms with van der Waals surface area (Å²) in [5.74, 6) is 0.141. The van der Waals surface area contributed by atoms with Gasteiger partial charge in [-0.05, 0) is 36.0 Å². The van der Waals surface area contributed by atoms with Crippen LogP contribution in [-0.4, -0.2) is 31.0 Å². The van der Waals surface area contributed by atoms with Crippen molar-refractivity contribution in [1.82, 2.24) is 0 Å². The minimum atomic E-state index is -3.16. The summed E-state index contributed by atoms with van der Waals surface area (Å²) in [6.45, 7) is 9.89. The molecule has 0 aliphatic heterocycles. The second-order valence-corrected chi connectivity index (χ2v) is 8.07. The van der Waals surface area contributed by atoms with Gasteiger partial charge in [0.2, 0.25) is 0 Å². The van der Waals surface area contributed by atoms with Gasteiger partial charge < -0.3 is 19.3 Å². The van der Waals surface area contributed by atoms with Crippen molar-refractivity contribution in [3.8, 4) is 5.75 Å². The number of hydrogen-bond acceptors (Lipinski definition) is 5. The first kappa shape index (κ1) is 22.1. The van der Waals surface area contributed by atoms with Gasteiger partial charge in [-0.25, -0.2) is 0 Å². The van der Waals surface area contributed by atoms with E-state index in [2.05, 4.69) is 0 Å². The standard InChI is InChI=1S/C15H25O5P.C2H6/c1-11-8-12(10-21(18,19-4)20-5)9-13(17)14(11)15(2,3)6-7-16;1-2/h8-9,16-17H,6-7,10H2,1-5H3;1-2H3. The van der Waals surface area contributed by atoms with Gasteiger partial charge >= 0.3 is 7.60 Å². The van der Waals surface area contributed by atoms with Crippen molar-refractivity contribution in [2.75, 3.05) is 20.8 Å². The highest BCUT2D eigenvalue weighted by Gasteiger charge is 2.28. The van der Waals surface area contributed by atoms with E-state index in [1.165, 1.54) is 14.2 Å². The number of aromatic hydroxyl groups is 1. The van der Waals surface area contributed by atoms with E-state index in [0.29, 0.717) is 12.0 Å². The molecule has 1 aromatic carbocycles. The van der Waals surface area contributed by atoms with Gasteiger partial charge in [-0.1, -0.05) is 33.8 Å². The monoisotopic (exact) mass is 346 g/mol. The van der Waals surface area contributed by atoms with Crippen LogP contribution in [0.1, 0.15) is 50.8 Å². The van der Waals surface area contributed by atoms with Crippen molar-refractivity contribution < 1.29 is 23.8 Å². The number of phenols is 1. The molecule has 0 atom stereocenters. The van der Waals surface area contributed by atoms with E-state index in [9.17, 15) is 9.67 Å². The molecule has 0 spiro atoms. The number of aliphatic hydroxyl groups is 1. The Bertz CT molecular complexity index is 509. The van der Waals surface area contributed by atoms with Crippen molar-refractivity contribution in [1.29, 1.82) is 0 Å². The zero-order valence-corrected chi connectivity index (χ0v) is 16.2. The smallest absolute Gasteiger partial charge is 0.334 e. The lowest BCUT2D eigenvalue weighted by Gasteiger charge is -2.28. The predicted molar refractivity (Wildman–Crippen MR) is 94.2 cm³/mol. The van der Waals surface area contributed by atoms with E-state index in [1.807, 2.05) is 40.7 Å². The van der Waals surface area contributed by atoms with Gasteiger partial charge in [-0.3, -0.25) is 4.57 Å². The van der Waals surface area contributed by atoms with E-state index in [-0.39, 0.29) is 23.9 Å². The summed E-state index contributed by atoms with van der Waals surface area (Å²) in [4.78, 5) is 0. The van der Waals surface area contributed by atoms with Crippen LogP contribution in [-0.2, 0) is 25.2 Å². The zero-order chi connectivity index (χ0) is 18.3. The summed E-state index contributed by atoms with van der Waals surface area (Å²) in [6.07, 6.45) is 0.657. The summed E-state index contributed by atoms with van der Waals surface area (Å²) in [7, 11) is -0.476.